The Kier molecular flexibility index (Phi) is 4.78. The highest BCUT2D eigenvalue weighted by atomic mass is 16.1. The number of para-hydroxylation sites is 1. The lowest BCUT2D eigenvalue weighted by Gasteiger charge is -2.28. The van der Waals surface area contributed by atoms with E-state index in [1.165, 1.54) is 5.56 Å². The van der Waals surface area contributed by atoms with Crippen LogP contribution in [0.3, 0.4) is 0 Å². The van der Waals surface area contributed by atoms with E-state index in [1.54, 1.807) is 6.20 Å². The van der Waals surface area contributed by atoms with E-state index in [0.29, 0.717) is 6.54 Å². The summed E-state index contributed by atoms with van der Waals surface area (Å²) in [7, 11) is 0. The predicted octanol–water partition coefficient (Wildman–Crippen LogP) is 2.37. The summed E-state index contributed by atoms with van der Waals surface area (Å²) in [5.74, 6) is -0.294. The third-order valence-electron chi connectivity index (χ3n) is 3.33. The number of carbonyl (C=O) groups is 1. The van der Waals surface area contributed by atoms with Gasteiger partial charge in [-0.15, -0.1) is 0 Å². The topological polar surface area (TPSA) is 56.1 Å². The van der Waals surface area contributed by atoms with E-state index in [4.69, 9.17) is 5.26 Å². The van der Waals surface area contributed by atoms with Gasteiger partial charge in [-0.1, -0.05) is 25.1 Å². The zero-order valence-corrected chi connectivity index (χ0v) is 11.7. The number of nitrogens with one attached hydrogen (secondary N) is 1. The summed E-state index contributed by atoms with van der Waals surface area (Å²) >= 11 is 0. The summed E-state index contributed by atoms with van der Waals surface area (Å²) in [6.07, 6.45) is 4.60. The first kappa shape index (κ1) is 14.1. The van der Waals surface area contributed by atoms with Crippen LogP contribution in [0.15, 0.2) is 36.0 Å². The smallest absolute Gasteiger partial charge is 0.263 e. The maximum atomic E-state index is 11.9. The third-order valence-corrected chi connectivity index (χ3v) is 3.33. The second-order valence-corrected chi connectivity index (χ2v) is 4.84. The SMILES string of the molecule is CCCNC(=O)/C(C#N)=C\N1CCCc2ccccc21. The molecule has 1 aliphatic rings. The summed E-state index contributed by atoms with van der Waals surface area (Å²) in [6, 6.07) is 10.1. The number of anilines is 1. The van der Waals surface area contributed by atoms with Crippen molar-refractivity contribution in [1.82, 2.24) is 5.32 Å². The van der Waals surface area contributed by atoms with Crippen molar-refractivity contribution in [3.8, 4) is 6.07 Å². The molecule has 2 rings (SSSR count). The van der Waals surface area contributed by atoms with Crippen molar-refractivity contribution in [3.05, 3.63) is 41.6 Å². The number of rotatable bonds is 4. The van der Waals surface area contributed by atoms with Crippen molar-refractivity contribution >= 4 is 11.6 Å². The molecular weight excluding hydrogens is 250 g/mol. The number of benzene rings is 1. The quantitative estimate of drug-likeness (QED) is 0.674. The Morgan fingerprint density at radius 1 is 1.50 bits per heavy atom. The zero-order chi connectivity index (χ0) is 14.4. The van der Waals surface area contributed by atoms with Crippen LogP contribution in [-0.2, 0) is 11.2 Å². The Balaban J connectivity index is 2.21. The molecule has 0 spiro atoms. The number of amides is 1. The highest BCUT2D eigenvalue weighted by Gasteiger charge is 2.17. The number of fused-ring (bicyclic) bond motifs is 1. The number of hydrogen-bond acceptors (Lipinski definition) is 3. The minimum Gasteiger partial charge on any atom is -0.351 e. The lowest BCUT2D eigenvalue weighted by atomic mass is 10.0. The van der Waals surface area contributed by atoms with Gasteiger partial charge in [-0.3, -0.25) is 4.79 Å². The van der Waals surface area contributed by atoms with Crippen molar-refractivity contribution < 1.29 is 4.79 Å². The first-order chi connectivity index (χ1) is 9.76. The van der Waals surface area contributed by atoms with Crippen LogP contribution in [0, 0.1) is 11.3 Å². The summed E-state index contributed by atoms with van der Waals surface area (Å²) in [4.78, 5) is 13.9. The average molecular weight is 269 g/mol. The molecule has 0 aliphatic carbocycles. The van der Waals surface area contributed by atoms with E-state index in [1.807, 2.05) is 36.1 Å². The van der Waals surface area contributed by atoms with Crippen LogP contribution in [0.1, 0.15) is 25.3 Å². The van der Waals surface area contributed by atoms with Gasteiger partial charge >= 0.3 is 0 Å². The van der Waals surface area contributed by atoms with Crippen LogP contribution in [-0.4, -0.2) is 19.0 Å². The molecule has 4 nitrogen and oxygen atoms in total. The van der Waals surface area contributed by atoms with Crippen LogP contribution in [0.4, 0.5) is 5.69 Å². The molecule has 0 unspecified atom stereocenters. The van der Waals surface area contributed by atoms with Crippen LogP contribution < -0.4 is 10.2 Å². The zero-order valence-electron chi connectivity index (χ0n) is 11.7. The molecule has 1 heterocycles. The highest BCUT2D eigenvalue weighted by molar-refractivity contribution is 5.97. The van der Waals surface area contributed by atoms with Gasteiger partial charge in [-0.25, -0.2) is 0 Å². The second kappa shape index (κ2) is 6.76. The summed E-state index contributed by atoms with van der Waals surface area (Å²) in [5, 5.41) is 11.9. The lowest BCUT2D eigenvalue weighted by molar-refractivity contribution is -0.117. The predicted molar refractivity (Wildman–Crippen MR) is 79.1 cm³/mol. The van der Waals surface area contributed by atoms with E-state index in [2.05, 4.69) is 11.4 Å². The first-order valence-corrected chi connectivity index (χ1v) is 7.01. The van der Waals surface area contributed by atoms with Crippen molar-refractivity contribution in [1.29, 1.82) is 5.26 Å². The number of nitrogens with zero attached hydrogens (tertiary/aromatic N) is 2. The van der Waals surface area contributed by atoms with E-state index in [0.717, 1.165) is 31.5 Å². The Labute approximate surface area is 119 Å². The Bertz CT molecular complexity index is 557. The molecule has 0 radical (unpaired) electrons. The van der Waals surface area contributed by atoms with Gasteiger partial charge < -0.3 is 10.2 Å². The Morgan fingerprint density at radius 2 is 2.30 bits per heavy atom. The van der Waals surface area contributed by atoms with Gasteiger partial charge in [0.2, 0.25) is 0 Å². The molecule has 1 aromatic rings. The molecule has 0 atom stereocenters. The minimum atomic E-state index is -0.294. The van der Waals surface area contributed by atoms with E-state index in [-0.39, 0.29) is 11.5 Å². The largest absolute Gasteiger partial charge is 0.351 e. The third kappa shape index (κ3) is 3.18. The van der Waals surface area contributed by atoms with Gasteiger partial charge in [-0.2, -0.15) is 5.26 Å². The monoisotopic (exact) mass is 269 g/mol. The van der Waals surface area contributed by atoms with E-state index in [9.17, 15) is 4.79 Å². The molecular formula is C16H19N3O. The molecule has 0 saturated carbocycles. The number of nitriles is 1. The molecule has 0 aromatic heterocycles. The van der Waals surface area contributed by atoms with Crippen molar-refractivity contribution in [2.24, 2.45) is 0 Å². The standard InChI is InChI=1S/C16H19N3O/c1-2-9-18-16(20)14(11-17)12-19-10-5-7-13-6-3-4-8-15(13)19/h3-4,6,8,12H,2,5,7,9-10H2,1H3,(H,18,20)/b14-12-. The van der Waals surface area contributed by atoms with Gasteiger partial charge in [0.05, 0.1) is 0 Å². The molecule has 1 aromatic carbocycles. The maximum Gasteiger partial charge on any atom is 0.263 e. The fraction of sp³-hybridized carbons (Fsp3) is 0.375. The summed E-state index contributed by atoms with van der Waals surface area (Å²) in [6.45, 7) is 3.41. The van der Waals surface area contributed by atoms with E-state index >= 15 is 0 Å². The fourth-order valence-corrected chi connectivity index (χ4v) is 2.32. The summed E-state index contributed by atoms with van der Waals surface area (Å²) < 4.78 is 0. The molecule has 0 saturated heterocycles. The average Bonchev–Trinajstić information content (AvgIpc) is 2.50. The molecule has 1 amide bonds. The van der Waals surface area contributed by atoms with Gasteiger partial charge in [0.1, 0.15) is 11.6 Å². The molecule has 1 N–H and O–H groups in total. The molecule has 4 heteroatoms. The fourth-order valence-electron chi connectivity index (χ4n) is 2.32. The number of aryl methyl sites for hydroxylation is 1. The van der Waals surface area contributed by atoms with Gasteiger partial charge in [0.15, 0.2) is 0 Å². The highest BCUT2D eigenvalue weighted by Crippen LogP contribution is 2.27. The first-order valence-electron chi connectivity index (χ1n) is 7.01. The minimum absolute atomic E-state index is 0.162. The van der Waals surface area contributed by atoms with Crippen LogP contribution in [0.2, 0.25) is 0 Å². The molecule has 104 valence electrons. The summed E-state index contributed by atoms with van der Waals surface area (Å²) in [5.41, 5.74) is 2.52. The number of hydrogen-bond donors (Lipinski definition) is 1. The van der Waals surface area contributed by atoms with Crippen molar-refractivity contribution in [3.63, 3.8) is 0 Å². The Hall–Kier alpha value is -2.28. The second-order valence-electron chi connectivity index (χ2n) is 4.84. The Morgan fingerprint density at radius 3 is 3.05 bits per heavy atom. The molecule has 0 fully saturated rings. The van der Waals surface area contributed by atoms with Gasteiger partial charge in [0, 0.05) is 25.0 Å². The van der Waals surface area contributed by atoms with Crippen LogP contribution >= 0.6 is 0 Å². The normalized spacial score (nSPS) is 14.4. The molecule has 0 bridgehead atoms. The van der Waals surface area contributed by atoms with Crippen LogP contribution in [0.25, 0.3) is 0 Å². The lowest BCUT2D eigenvalue weighted by Crippen LogP contribution is -2.29. The van der Waals surface area contributed by atoms with Crippen molar-refractivity contribution in [2.45, 2.75) is 26.2 Å². The van der Waals surface area contributed by atoms with Gasteiger partial charge in [0.25, 0.3) is 5.91 Å². The van der Waals surface area contributed by atoms with E-state index < -0.39 is 0 Å². The van der Waals surface area contributed by atoms with Crippen LogP contribution in [0.5, 0.6) is 0 Å². The molecule has 20 heavy (non-hydrogen) atoms. The molecule has 1 aliphatic heterocycles. The maximum absolute atomic E-state index is 11.9. The number of carbonyl (C=O) groups excluding carboxylic acids is 1. The van der Waals surface area contributed by atoms with Gasteiger partial charge in [-0.05, 0) is 30.9 Å². The van der Waals surface area contributed by atoms with Crippen molar-refractivity contribution in [2.75, 3.05) is 18.0 Å².